The molecule has 3 aromatic rings. The summed E-state index contributed by atoms with van der Waals surface area (Å²) in [6.45, 7) is 3.87. The van der Waals surface area contributed by atoms with E-state index in [9.17, 15) is 9.90 Å². The van der Waals surface area contributed by atoms with Crippen molar-refractivity contribution in [2.45, 2.75) is 19.4 Å². The van der Waals surface area contributed by atoms with Gasteiger partial charge in [0.15, 0.2) is 11.3 Å². The number of hydrogen-bond acceptors (Lipinski definition) is 5. The lowest BCUT2D eigenvalue weighted by molar-refractivity contribution is 0.152. The van der Waals surface area contributed by atoms with Crippen LogP contribution in [0.2, 0.25) is 0 Å². The largest absolute Gasteiger partial charge is 0.507 e. The van der Waals surface area contributed by atoms with E-state index in [1.54, 1.807) is 18.2 Å². The molecule has 0 atom stereocenters. The van der Waals surface area contributed by atoms with Crippen LogP contribution in [0.4, 0.5) is 0 Å². The fraction of sp³-hybridized carbons (Fsp3) is 0.211. The van der Waals surface area contributed by atoms with Gasteiger partial charge in [-0.3, -0.25) is 4.79 Å². The van der Waals surface area contributed by atoms with Gasteiger partial charge in [-0.2, -0.15) is 0 Å². The first-order chi connectivity index (χ1) is 11.4. The molecular formula is C19H16O5. The Bertz CT molecular complexity index is 1070. The molecule has 0 saturated heterocycles. The van der Waals surface area contributed by atoms with E-state index in [2.05, 4.69) is 0 Å². The molecule has 0 amide bonds. The van der Waals surface area contributed by atoms with E-state index >= 15 is 0 Å². The average Bonchev–Trinajstić information content (AvgIpc) is 2.53. The summed E-state index contributed by atoms with van der Waals surface area (Å²) in [7, 11) is 1.51. The highest BCUT2D eigenvalue weighted by Crippen LogP contribution is 2.44. The predicted octanol–water partition coefficient (Wildman–Crippen LogP) is 3.84. The maximum absolute atomic E-state index is 12.8. The molecule has 1 aliphatic heterocycles. The Morgan fingerprint density at radius 1 is 1.25 bits per heavy atom. The van der Waals surface area contributed by atoms with E-state index in [1.807, 2.05) is 26.0 Å². The Kier molecular flexibility index (Phi) is 2.91. The van der Waals surface area contributed by atoms with Crippen molar-refractivity contribution >= 4 is 28.0 Å². The highest BCUT2D eigenvalue weighted by molar-refractivity contribution is 5.98. The Hall–Kier alpha value is -2.95. The Balaban J connectivity index is 2.19. The lowest BCUT2D eigenvalue weighted by Gasteiger charge is -2.29. The molecular weight excluding hydrogens is 308 g/mol. The third kappa shape index (κ3) is 1.98. The van der Waals surface area contributed by atoms with Crippen LogP contribution in [0.1, 0.15) is 19.4 Å². The molecule has 0 spiro atoms. The normalized spacial score (nSPS) is 15.3. The molecule has 0 radical (unpaired) electrons. The molecule has 0 saturated carbocycles. The van der Waals surface area contributed by atoms with Crippen LogP contribution >= 0.6 is 0 Å². The van der Waals surface area contributed by atoms with Gasteiger partial charge in [0.2, 0.25) is 11.2 Å². The van der Waals surface area contributed by atoms with Crippen LogP contribution in [0.5, 0.6) is 17.2 Å². The quantitative estimate of drug-likeness (QED) is 0.689. The van der Waals surface area contributed by atoms with Crippen molar-refractivity contribution in [3.8, 4) is 17.2 Å². The topological polar surface area (TPSA) is 68.9 Å². The summed E-state index contributed by atoms with van der Waals surface area (Å²) in [6, 6.07) is 6.43. The van der Waals surface area contributed by atoms with E-state index in [1.165, 1.54) is 13.2 Å². The smallest absolute Gasteiger partial charge is 0.205 e. The van der Waals surface area contributed by atoms with Gasteiger partial charge in [0.05, 0.1) is 12.5 Å². The number of phenols is 1. The highest BCUT2D eigenvalue weighted by atomic mass is 16.5. The molecule has 1 aromatic heterocycles. The first-order valence-electron chi connectivity index (χ1n) is 7.59. The summed E-state index contributed by atoms with van der Waals surface area (Å²) in [5.41, 5.74) is 0.565. The average molecular weight is 324 g/mol. The van der Waals surface area contributed by atoms with Crippen LogP contribution in [0.15, 0.2) is 39.6 Å². The molecule has 24 heavy (non-hydrogen) atoms. The lowest BCUT2D eigenvalue weighted by Crippen LogP contribution is -2.28. The first kappa shape index (κ1) is 14.6. The van der Waals surface area contributed by atoms with Crippen LogP contribution in [0.25, 0.3) is 28.0 Å². The standard InChI is InChI=1S/C19H16O5/c1-19(2)8-7-10-9-11-15(21)14-12(20)5-4-6-13(14)23-17(11)18(22-3)16(10)24-19/h4-9,20H,1-3H3. The number of phenolic OH excluding ortho intramolecular Hbond substituents is 1. The summed E-state index contributed by atoms with van der Waals surface area (Å²) < 4.78 is 17.4. The van der Waals surface area contributed by atoms with Crippen LogP contribution < -0.4 is 14.9 Å². The van der Waals surface area contributed by atoms with E-state index < -0.39 is 5.60 Å². The number of fused-ring (bicyclic) bond motifs is 3. The minimum absolute atomic E-state index is 0.104. The van der Waals surface area contributed by atoms with E-state index in [0.717, 1.165) is 5.56 Å². The monoisotopic (exact) mass is 324 g/mol. The second-order valence-corrected chi connectivity index (χ2v) is 6.33. The van der Waals surface area contributed by atoms with Crippen molar-refractivity contribution in [2.75, 3.05) is 7.11 Å². The molecule has 0 fully saturated rings. The van der Waals surface area contributed by atoms with Gasteiger partial charge < -0.3 is 19.0 Å². The van der Waals surface area contributed by atoms with Gasteiger partial charge in [-0.15, -0.1) is 0 Å². The van der Waals surface area contributed by atoms with Crippen molar-refractivity contribution in [3.63, 3.8) is 0 Å². The minimum Gasteiger partial charge on any atom is -0.507 e. The molecule has 5 nitrogen and oxygen atoms in total. The zero-order valence-corrected chi connectivity index (χ0v) is 13.5. The maximum atomic E-state index is 12.8. The van der Waals surface area contributed by atoms with Gasteiger partial charge in [-0.05, 0) is 38.1 Å². The van der Waals surface area contributed by atoms with Crippen molar-refractivity contribution in [3.05, 3.63) is 46.1 Å². The molecule has 1 N–H and O–H groups in total. The summed E-state index contributed by atoms with van der Waals surface area (Å²) in [5.74, 6) is 0.815. The molecule has 2 aromatic carbocycles. The Morgan fingerprint density at radius 3 is 2.79 bits per heavy atom. The molecule has 1 aliphatic rings. The second kappa shape index (κ2) is 4.77. The summed E-state index contributed by atoms with van der Waals surface area (Å²) >= 11 is 0. The van der Waals surface area contributed by atoms with Gasteiger partial charge in [0.1, 0.15) is 22.3 Å². The second-order valence-electron chi connectivity index (χ2n) is 6.33. The molecule has 4 rings (SSSR count). The third-order valence-electron chi connectivity index (χ3n) is 4.14. The van der Waals surface area contributed by atoms with Crippen molar-refractivity contribution in [1.29, 1.82) is 0 Å². The molecule has 2 heterocycles. The van der Waals surface area contributed by atoms with Crippen molar-refractivity contribution < 1.29 is 19.0 Å². The molecule has 0 aliphatic carbocycles. The molecule has 0 bridgehead atoms. The summed E-state index contributed by atoms with van der Waals surface area (Å²) in [5, 5.41) is 10.5. The van der Waals surface area contributed by atoms with Crippen molar-refractivity contribution in [2.24, 2.45) is 0 Å². The van der Waals surface area contributed by atoms with Crippen LogP contribution in [-0.2, 0) is 0 Å². The fourth-order valence-electron chi connectivity index (χ4n) is 2.99. The van der Waals surface area contributed by atoms with Gasteiger partial charge in [0.25, 0.3) is 0 Å². The Labute approximate surface area is 137 Å². The van der Waals surface area contributed by atoms with Gasteiger partial charge >= 0.3 is 0 Å². The number of rotatable bonds is 1. The lowest BCUT2D eigenvalue weighted by atomic mass is 9.99. The van der Waals surface area contributed by atoms with Crippen LogP contribution in [-0.4, -0.2) is 17.8 Å². The zero-order valence-electron chi connectivity index (χ0n) is 13.5. The number of hydrogen-bond donors (Lipinski definition) is 1. The molecule has 0 unspecified atom stereocenters. The third-order valence-corrected chi connectivity index (χ3v) is 4.14. The van der Waals surface area contributed by atoms with E-state index in [0.29, 0.717) is 28.1 Å². The SMILES string of the molecule is COc1c2c(cc3c(=O)c4c(O)cccc4oc13)C=CC(C)(C)O2. The minimum atomic E-state index is -0.483. The molecule has 5 heteroatoms. The van der Waals surface area contributed by atoms with Gasteiger partial charge in [0, 0.05) is 5.56 Å². The highest BCUT2D eigenvalue weighted by Gasteiger charge is 2.28. The zero-order chi connectivity index (χ0) is 17.1. The summed E-state index contributed by atoms with van der Waals surface area (Å²) in [6.07, 6.45) is 3.82. The van der Waals surface area contributed by atoms with E-state index in [-0.39, 0.29) is 16.6 Å². The van der Waals surface area contributed by atoms with E-state index in [4.69, 9.17) is 13.9 Å². The number of ether oxygens (including phenoxy) is 2. The van der Waals surface area contributed by atoms with Crippen LogP contribution in [0, 0.1) is 0 Å². The first-order valence-corrected chi connectivity index (χ1v) is 7.59. The van der Waals surface area contributed by atoms with Crippen LogP contribution in [0.3, 0.4) is 0 Å². The maximum Gasteiger partial charge on any atom is 0.205 e. The number of aromatic hydroxyl groups is 1. The van der Waals surface area contributed by atoms with Crippen molar-refractivity contribution in [1.82, 2.24) is 0 Å². The number of benzene rings is 2. The summed E-state index contributed by atoms with van der Waals surface area (Å²) in [4.78, 5) is 12.8. The predicted molar refractivity (Wildman–Crippen MR) is 91.9 cm³/mol. The fourth-order valence-corrected chi connectivity index (χ4v) is 2.99. The number of methoxy groups -OCH3 is 1. The molecule has 122 valence electrons. The van der Waals surface area contributed by atoms with Gasteiger partial charge in [-0.25, -0.2) is 0 Å². The Morgan fingerprint density at radius 2 is 2.04 bits per heavy atom. The van der Waals surface area contributed by atoms with Gasteiger partial charge in [-0.1, -0.05) is 12.1 Å².